The second-order valence-electron chi connectivity index (χ2n) is 4.74. The molecule has 0 radical (unpaired) electrons. The average molecular weight is 204 g/mol. The van der Waals surface area contributed by atoms with Crippen molar-refractivity contribution in [2.24, 2.45) is 11.8 Å². The van der Waals surface area contributed by atoms with Crippen LogP contribution in [0.5, 0.6) is 0 Å². The predicted octanol–water partition coefficient (Wildman–Crippen LogP) is 4.89. The van der Waals surface area contributed by atoms with Crippen molar-refractivity contribution >= 4 is 0 Å². The Morgan fingerprint density at radius 2 is 2.33 bits per heavy atom. The fourth-order valence-corrected chi connectivity index (χ4v) is 2.11. The first-order valence-electron chi connectivity index (χ1n) is 6.20. The van der Waals surface area contributed by atoms with Gasteiger partial charge in [-0.25, -0.2) is 0 Å². The summed E-state index contributed by atoms with van der Waals surface area (Å²) >= 11 is 0. The lowest BCUT2D eigenvalue weighted by molar-refractivity contribution is 0.506. The van der Waals surface area contributed by atoms with Gasteiger partial charge in [0.2, 0.25) is 0 Å². The van der Waals surface area contributed by atoms with Crippen molar-refractivity contribution in [3.8, 4) is 0 Å². The van der Waals surface area contributed by atoms with Crippen LogP contribution in [0.2, 0.25) is 0 Å². The zero-order chi connectivity index (χ0) is 11.1. The Morgan fingerprint density at radius 1 is 1.53 bits per heavy atom. The van der Waals surface area contributed by atoms with Gasteiger partial charge in [0.25, 0.3) is 0 Å². The van der Waals surface area contributed by atoms with E-state index in [-0.39, 0.29) is 0 Å². The van der Waals surface area contributed by atoms with Crippen molar-refractivity contribution in [3.05, 3.63) is 36.0 Å². The van der Waals surface area contributed by atoms with E-state index in [1.54, 1.807) is 0 Å². The van der Waals surface area contributed by atoms with Gasteiger partial charge in [-0.2, -0.15) is 0 Å². The summed E-state index contributed by atoms with van der Waals surface area (Å²) in [5, 5.41) is 0. The van der Waals surface area contributed by atoms with Crippen molar-refractivity contribution in [1.29, 1.82) is 0 Å². The Kier molecular flexibility index (Phi) is 5.45. The van der Waals surface area contributed by atoms with E-state index in [0.29, 0.717) is 0 Å². The number of allylic oxidation sites excluding steroid dienone is 6. The summed E-state index contributed by atoms with van der Waals surface area (Å²) in [6.45, 7) is 6.59. The maximum atomic E-state index is 2.38. The summed E-state index contributed by atoms with van der Waals surface area (Å²) < 4.78 is 0. The van der Waals surface area contributed by atoms with Crippen molar-refractivity contribution in [1.82, 2.24) is 0 Å². The van der Waals surface area contributed by atoms with E-state index >= 15 is 0 Å². The normalized spacial score (nSPS) is 23.1. The van der Waals surface area contributed by atoms with Crippen LogP contribution in [0.15, 0.2) is 36.0 Å². The standard InChI is InChI=1S/C15H24/c1-4-6-13(2)7-5-8-15-11-9-14(3)10-12-15/h4,6,9-11,13,15H,5,7-8,12H2,1-3H3/b6-4-. The molecule has 1 aliphatic carbocycles. The molecule has 1 aliphatic rings. The average Bonchev–Trinajstić information content (AvgIpc) is 2.21. The molecule has 0 saturated carbocycles. The highest BCUT2D eigenvalue weighted by Gasteiger charge is 2.07. The highest BCUT2D eigenvalue weighted by molar-refractivity contribution is 5.21. The molecule has 0 amide bonds. The first-order valence-corrected chi connectivity index (χ1v) is 6.20. The summed E-state index contributed by atoms with van der Waals surface area (Å²) in [6.07, 6.45) is 16.8. The van der Waals surface area contributed by atoms with Gasteiger partial charge in [0, 0.05) is 0 Å². The smallest absolute Gasteiger partial charge is 0.0195 e. The molecule has 2 atom stereocenters. The molecule has 0 fully saturated rings. The molecule has 0 aliphatic heterocycles. The molecule has 0 N–H and O–H groups in total. The summed E-state index contributed by atoms with van der Waals surface area (Å²) in [6, 6.07) is 0. The Morgan fingerprint density at radius 3 is 2.93 bits per heavy atom. The highest BCUT2D eigenvalue weighted by Crippen LogP contribution is 2.22. The molecule has 0 heteroatoms. The third-order valence-corrected chi connectivity index (χ3v) is 3.13. The summed E-state index contributed by atoms with van der Waals surface area (Å²) in [5.41, 5.74) is 1.42. The number of hydrogen-bond acceptors (Lipinski definition) is 0. The lowest BCUT2D eigenvalue weighted by Crippen LogP contribution is -2.00. The Bertz CT molecular complexity index is 255. The van der Waals surface area contributed by atoms with Gasteiger partial charge in [0.15, 0.2) is 0 Å². The van der Waals surface area contributed by atoms with Crippen LogP contribution in [0, 0.1) is 11.8 Å². The number of rotatable bonds is 5. The van der Waals surface area contributed by atoms with Crippen molar-refractivity contribution < 1.29 is 0 Å². The number of hydrogen-bond donors (Lipinski definition) is 0. The SMILES string of the molecule is C/C=C\C(C)CCCC1C=CC(C)=CC1. The molecule has 0 bridgehead atoms. The molecule has 0 nitrogen and oxygen atoms in total. The third kappa shape index (κ3) is 5.01. The molecule has 1 rings (SSSR count). The largest absolute Gasteiger partial charge is 0.0914 e. The molecule has 2 unspecified atom stereocenters. The van der Waals surface area contributed by atoms with E-state index in [9.17, 15) is 0 Å². The van der Waals surface area contributed by atoms with E-state index < -0.39 is 0 Å². The van der Waals surface area contributed by atoms with E-state index in [1.807, 2.05) is 0 Å². The second-order valence-corrected chi connectivity index (χ2v) is 4.74. The highest BCUT2D eigenvalue weighted by atomic mass is 14.1. The zero-order valence-electron chi connectivity index (χ0n) is 10.4. The van der Waals surface area contributed by atoms with Crippen LogP contribution in [0.3, 0.4) is 0 Å². The lowest BCUT2D eigenvalue weighted by Gasteiger charge is -2.15. The lowest BCUT2D eigenvalue weighted by atomic mass is 9.91. The summed E-state index contributed by atoms with van der Waals surface area (Å²) in [4.78, 5) is 0. The minimum Gasteiger partial charge on any atom is -0.0914 e. The fourth-order valence-electron chi connectivity index (χ4n) is 2.11. The van der Waals surface area contributed by atoms with Crippen molar-refractivity contribution in [2.75, 3.05) is 0 Å². The molecular weight excluding hydrogens is 180 g/mol. The molecular formula is C15H24. The second kappa shape index (κ2) is 6.66. The first-order chi connectivity index (χ1) is 7.22. The summed E-state index contributed by atoms with van der Waals surface area (Å²) in [5.74, 6) is 1.55. The van der Waals surface area contributed by atoms with Gasteiger partial charge in [0.05, 0.1) is 0 Å². The topological polar surface area (TPSA) is 0 Å². The molecule has 84 valence electrons. The Balaban J connectivity index is 2.14. The molecule has 0 saturated heterocycles. The van der Waals surface area contributed by atoms with Gasteiger partial charge >= 0.3 is 0 Å². The Hall–Kier alpha value is -0.780. The quantitative estimate of drug-likeness (QED) is 0.559. The maximum absolute atomic E-state index is 2.38. The molecule has 0 heterocycles. The van der Waals surface area contributed by atoms with E-state index in [1.165, 1.54) is 31.3 Å². The zero-order valence-corrected chi connectivity index (χ0v) is 10.4. The first kappa shape index (κ1) is 12.3. The van der Waals surface area contributed by atoms with Gasteiger partial charge in [-0.3, -0.25) is 0 Å². The van der Waals surface area contributed by atoms with Crippen molar-refractivity contribution in [2.45, 2.75) is 46.5 Å². The minimum atomic E-state index is 0.750. The van der Waals surface area contributed by atoms with Gasteiger partial charge in [-0.05, 0) is 44.9 Å². The van der Waals surface area contributed by atoms with Crippen LogP contribution in [0.25, 0.3) is 0 Å². The minimum absolute atomic E-state index is 0.750. The third-order valence-electron chi connectivity index (χ3n) is 3.13. The van der Waals surface area contributed by atoms with Crippen molar-refractivity contribution in [3.63, 3.8) is 0 Å². The monoisotopic (exact) mass is 204 g/mol. The van der Waals surface area contributed by atoms with Crippen LogP contribution >= 0.6 is 0 Å². The van der Waals surface area contributed by atoms with E-state index in [4.69, 9.17) is 0 Å². The molecule has 0 spiro atoms. The summed E-state index contributed by atoms with van der Waals surface area (Å²) in [7, 11) is 0. The molecule has 15 heavy (non-hydrogen) atoms. The van der Waals surface area contributed by atoms with Crippen LogP contribution in [0.4, 0.5) is 0 Å². The Labute approximate surface area is 94.8 Å². The maximum Gasteiger partial charge on any atom is -0.0195 e. The van der Waals surface area contributed by atoms with Gasteiger partial charge in [-0.1, -0.05) is 49.3 Å². The van der Waals surface area contributed by atoms with Gasteiger partial charge in [-0.15, -0.1) is 0 Å². The van der Waals surface area contributed by atoms with Crippen LogP contribution in [0.1, 0.15) is 46.5 Å². The van der Waals surface area contributed by atoms with Gasteiger partial charge < -0.3 is 0 Å². The van der Waals surface area contributed by atoms with Crippen LogP contribution in [-0.4, -0.2) is 0 Å². The molecule has 0 aromatic carbocycles. The van der Waals surface area contributed by atoms with Crippen LogP contribution < -0.4 is 0 Å². The molecule has 0 aromatic heterocycles. The van der Waals surface area contributed by atoms with E-state index in [0.717, 1.165) is 11.8 Å². The van der Waals surface area contributed by atoms with Crippen LogP contribution in [-0.2, 0) is 0 Å². The fraction of sp³-hybridized carbons (Fsp3) is 0.600. The predicted molar refractivity (Wildman–Crippen MR) is 68.8 cm³/mol. The van der Waals surface area contributed by atoms with Gasteiger partial charge in [0.1, 0.15) is 0 Å². The molecule has 0 aromatic rings. The van der Waals surface area contributed by atoms with E-state index in [2.05, 4.69) is 51.2 Å².